The van der Waals surface area contributed by atoms with Crippen LogP contribution >= 0.6 is 0 Å². The second-order valence-electron chi connectivity index (χ2n) is 7.43. The van der Waals surface area contributed by atoms with Gasteiger partial charge in [-0.1, -0.05) is 0 Å². The van der Waals surface area contributed by atoms with Crippen molar-refractivity contribution in [3.63, 3.8) is 0 Å². The molecule has 4 heterocycles. The molecular weight excluding hydrogens is 432 g/mol. The molecule has 0 atom stereocenters. The SMILES string of the molecule is COc1ccc(-n2c(N3CC(N4CCOc5cc(F)ccc54)C3)nnc2C(F)(F)F)cn1. The minimum Gasteiger partial charge on any atom is -0.489 e. The number of halogens is 4. The van der Waals surface area contributed by atoms with Crippen molar-refractivity contribution in [3.05, 3.63) is 48.2 Å². The number of nitrogens with zero attached hydrogens (tertiary/aromatic N) is 6. The zero-order valence-corrected chi connectivity index (χ0v) is 16.9. The molecule has 0 aliphatic carbocycles. The van der Waals surface area contributed by atoms with Crippen molar-refractivity contribution in [1.82, 2.24) is 19.7 Å². The van der Waals surface area contributed by atoms with Crippen LogP contribution in [0.2, 0.25) is 0 Å². The molecule has 0 N–H and O–H groups in total. The summed E-state index contributed by atoms with van der Waals surface area (Å²) in [6.07, 6.45) is -3.41. The van der Waals surface area contributed by atoms with Gasteiger partial charge in [0.2, 0.25) is 17.7 Å². The van der Waals surface area contributed by atoms with Gasteiger partial charge in [-0.15, -0.1) is 10.2 Å². The first kappa shape index (κ1) is 20.3. The molecule has 168 valence electrons. The van der Waals surface area contributed by atoms with Gasteiger partial charge in [0.1, 0.15) is 18.2 Å². The summed E-state index contributed by atoms with van der Waals surface area (Å²) in [6.45, 7) is 1.85. The molecule has 3 aromatic rings. The summed E-state index contributed by atoms with van der Waals surface area (Å²) >= 11 is 0. The van der Waals surface area contributed by atoms with Gasteiger partial charge < -0.3 is 19.3 Å². The second kappa shape index (κ2) is 7.53. The van der Waals surface area contributed by atoms with Gasteiger partial charge in [0, 0.05) is 25.2 Å². The Labute approximate surface area is 180 Å². The molecule has 1 aromatic carbocycles. The number of methoxy groups -OCH3 is 1. The maximum Gasteiger partial charge on any atom is 0.452 e. The van der Waals surface area contributed by atoms with E-state index in [0.29, 0.717) is 32.0 Å². The molecule has 5 rings (SSSR count). The number of hydrogen-bond acceptors (Lipinski definition) is 7. The van der Waals surface area contributed by atoms with Crippen molar-refractivity contribution < 1.29 is 27.0 Å². The van der Waals surface area contributed by atoms with Crippen LogP contribution in [0.4, 0.5) is 29.2 Å². The molecule has 12 heteroatoms. The van der Waals surface area contributed by atoms with Crippen molar-refractivity contribution in [2.24, 2.45) is 0 Å². The van der Waals surface area contributed by atoms with Gasteiger partial charge in [0.15, 0.2) is 0 Å². The highest BCUT2D eigenvalue weighted by molar-refractivity contribution is 5.62. The zero-order chi connectivity index (χ0) is 22.5. The van der Waals surface area contributed by atoms with Crippen LogP contribution in [0.5, 0.6) is 11.6 Å². The normalized spacial score (nSPS) is 16.4. The minimum atomic E-state index is -4.69. The van der Waals surface area contributed by atoms with Crippen LogP contribution in [-0.4, -0.2) is 59.1 Å². The maximum absolute atomic E-state index is 13.6. The highest BCUT2D eigenvalue weighted by Gasteiger charge is 2.43. The largest absolute Gasteiger partial charge is 0.489 e. The van der Waals surface area contributed by atoms with Crippen LogP contribution < -0.4 is 19.3 Å². The Morgan fingerprint density at radius 1 is 1.12 bits per heavy atom. The van der Waals surface area contributed by atoms with E-state index >= 15 is 0 Å². The van der Waals surface area contributed by atoms with E-state index in [9.17, 15) is 17.6 Å². The smallest absolute Gasteiger partial charge is 0.452 e. The topological polar surface area (TPSA) is 68.5 Å². The predicted octanol–water partition coefficient (Wildman–Crippen LogP) is 2.92. The minimum absolute atomic E-state index is 0.0107. The Balaban J connectivity index is 1.42. The van der Waals surface area contributed by atoms with E-state index in [4.69, 9.17) is 9.47 Å². The van der Waals surface area contributed by atoms with Crippen LogP contribution in [0.25, 0.3) is 5.69 Å². The number of rotatable bonds is 4. The fourth-order valence-electron chi connectivity index (χ4n) is 3.94. The van der Waals surface area contributed by atoms with Gasteiger partial charge in [0.25, 0.3) is 0 Å². The molecule has 0 saturated carbocycles. The molecular formula is C20H18F4N6O2. The molecule has 1 saturated heterocycles. The van der Waals surface area contributed by atoms with Gasteiger partial charge in [-0.05, 0) is 18.2 Å². The lowest BCUT2D eigenvalue weighted by Gasteiger charge is -2.48. The van der Waals surface area contributed by atoms with Gasteiger partial charge in [-0.3, -0.25) is 4.57 Å². The Hall–Kier alpha value is -3.57. The van der Waals surface area contributed by atoms with Crippen LogP contribution in [0.3, 0.4) is 0 Å². The van der Waals surface area contributed by atoms with Crippen molar-refractivity contribution in [1.29, 1.82) is 0 Å². The fourth-order valence-corrected chi connectivity index (χ4v) is 3.94. The van der Waals surface area contributed by atoms with Crippen molar-refractivity contribution >= 4 is 11.6 Å². The first-order valence-electron chi connectivity index (χ1n) is 9.82. The summed E-state index contributed by atoms with van der Waals surface area (Å²) < 4.78 is 65.8. The molecule has 1 fully saturated rings. The van der Waals surface area contributed by atoms with Crippen LogP contribution in [0.1, 0.15) is 5.82 Å². The van der Waals surface area contributed by atoms with E-state index in [2.05, 4.69) is 20.1 Å². The summed E-state index contributed by atoms with van der Waals surface area (Å²) in [5.41, 5.74) is 0.938. The number of ether oxygens (including phenoxy) is 2. The summed E-state index contributed by atoms with van der Waals surface area (Å²) in [7, 11) is 1.42. The third-order valence-corrected chi connectivity index (χ3v) is 5.49. The third kappa shape index (κ3) is 3.45. The molecule has 2 aromatic heterocycles. The first-order chi connectivity index (χ1) is 15.3. The first-order valence-corrected chi connectivity index (χ1v) is 9.82. The van der Waals surface area contributed by atoms with Crippen LogP contribution in [0, 0.1) is 5.82 Å². The lowest BCUT2D eigenvalue weighted by Crippen LogP contribution is -2.61. The Morgan fingerprint density at radius 3 is 2.62 bits per heavy atom. The quantitative estimate of drug-likeness (QED) is 0.567. The summed E-state index contributed by atoms with van der Waals surface area (Å²) in [5.74, 6) is -0.699. The molecule has 0 unspecified atom stereocenters. The predicted molar refractivity (Wildman–Crippen MR) is 106 cm³/mol. The standard InChI is InChI=1S/C20H18F4N6O2/c1-31-17-5-3-13(9-25-17)30-18(20(22,23)24)26-27-19(30)28-10-14(11-28)29-6-7-32-16-8-12(21)2-4-15(16)29/h2-5,8-9,14H,6-7,10-11H2,1H3. The number of aromatic nitrogens is 4. The van der Waals surface area contributed by atoms with E-state index < -0.39 is 12.0 Å². The molecule has 0 radical (unpaired) electrons. The van der Waals surface area contributed by atoms with Crippen LogP contribution in [-0.2, 0) is 6.18 Å². The summed E-state index contributed by atoms with van der Waals surface area (Å²) in [5, 5.41) is 7.23. The maximum atomic E-state index is 13.6. The number of alkyl halides is 3. The number of hydrogen-bond donors (Lipinski definition) is 0. The van der Waals surface area contributed by atoms with Gasteiger partial charge in [0.05, 0.1) is 37.3 Å². The number of fused-ring (bicyclic) bond motifs is 1. The van der Waals surface area contributed by atoms with Crippen molar-refractivity contribution in [2.45, 2.75) is 12.2 Å². The van der Waals surface area contributed by atoms with E-state index in [1.807, 2.05) is 0 Å². The Morgan fingerprint density at radius 2 is 1.94 bits per heavy atom. The molecule has 0 amide bonds. The molecule has 8 nitrogen and oxygen atoms in total. The van der Waals surface area contributed by atoms with Gasteiger partial charge in [-0.25, -0.2) is 9.37 Å². The van der Waals surface area contributed by atoms with Gasteiger partial charge in [-0.2, -0.15) is 13.2 Å². The molecule has 0 spiro atoms. The Bertz CT molecular complexity index is 1130. The second-order valence-corrected chi connectivity index (χ2v) is 7.43. The third-order valence-electron chi connectivity index (χ3n) is 5.49. The van der Waals surface area contributed by atoms with Gasteiger partial charge >= 0.3 is 6.18 Å². The average Bonchev–Trinajstić information content (AvgIpc) is 3.18. The van der Waals surface area contributed by atoms with E-state index in [0.717, 1.165) is 10.3 Å². The van der Waals surface area contributed by atoms with Crippen LogP contribution in [0.15, 0.2) is 36.5 Å². The Kier molecular flexibility index (Phi) is 4.79. The highest BCUT2D eigenvalue weighted by Crippen LogP contribution is 2.38. The lowest BCUT2D eigenvalue weighted by atomic mass is 10.1. The number of pyridine rings is 1. The van der Waals surface area contributed by atoms with Crippen molar-refractivity contribution in [2.75, 3.05) is 43.2 Å². The van der Waals surface area contributed by atoms with Crippen molar-refractivity contribution in [3.8, 4) is 17.3 Å². The van der Waals surface area contributed by atoms with E-state index in [1.54, 1.807) is 11.0 Å². The molecule has 2 aliphatic heterocycles. The molecule has 32 heavy (non-hydrogen) atoms. The average molecular weight is 450 g/mol. The summed E-state index contributed by atoms with van der Waals surface area (Å²) in [6, 6.07) is 7.30. The zero-order valence-electron chi connectivity index (χ0n) is 16.9. The lowest BCUT2D eigenvalue weighted by molar-refractivity contribution is -0.146. The van der Waals surface area contributed by atoms with E-state index in [1.165, 1.54) is 37.6 Å². The fraction of sp³-hybridized carbons (Fsp3) is 0.350. The molecule has 2 aliphatic rings. The number of anilines is 2. The summed E-state index contributed by atoms with van der Waals surface area (Å²) in [4.78, 5) is 7.80. The monoisotopic (exact) mass is 450 g/mol. The number of benzene rings is 1. The van der Waals surface area contributed by atoms with E-state index in [-0.39, 0.29) is 29.4 Å². The molecule has 0 bridgehead atoms. The highest BCUT2D eigenvalue weighted by atomic mass is 19.4.